The lowest BCUT2D eigenvalue weighted by Crippen LogP contribution is -2.06. The first-order valence-corrected chi connectivity index (χ1v) is 7.75. The Hall–Kier alpha value is -1.94. The van der Waals surface area contributed by atoms with Crippen molar-refractivity contribution in [1.82, 2.24) is 0 Å². The maximum Gasteiger partial charge on any atom is 0.159 e. The molecule has 0 spiro atoms. The summed E-state index contributed by atoms with van der Waals surface area (Å²) in [6.07, 6.45) is 0. The third-order valence-electron chi connectivity index (χ3n) is 3.30. The van der Waals surface area contributed by atoms with E-state index in [4.69, 9.17) is 10.5 Å². The number of amidine groups is 1. The number of para-hydroxylation sites is 1. The molecule has 2 N–H and O–H groups in total. The summed E-state index contributed by atoms with van der Waals surface area (Å²) < 4.78 is 5.33. The molecule has 2 aromatic carbocycles. The third kappa shape index (κ3) is 4.26. The fraction of sp³-hybridized carbons (Fsp3) is 0.235. The number of thioether (sulfide) groups is 1. The number of ether oxygens (including phenoxy) is 1. The number of hydrogen-bond donors (Lipinski definition) is 1. The first-order valence-electron chi connectivity index (χ1n) is 6.76. The van der Waals surface area contributed by atoms with Crippen LogP contribution >= 0.6 is 11.8 Å². The van der Waals surface area contributed by atoms with Crippen LogP contribution in [0.15, 0.2) is 47.5 Å². The highest BCUT2D eigenvalue weighted by Gasteiger charge is 2.04. The third-order valence-corrected chi connectivity index (χ3v) is 4.14. The molecule has 0 aliphatic carbocycles. The van der Waals surface area contributed by atoms with E-state index in [1.165, 1.54) is 22.9 Å². The van der Waals surface area contributed by atoms with Crippen molar-refractivity contribution in [3.05, 3.63) is 59.2 Å². The summed E-state index contributed by atoms with van der Waals surface area (Å²) in [5.74, 6) is 1.62. The smallest absolute Gasteiger partial charge is 0.159 e. The van der Waals surface area contributed by atoms with E-state index in [-0.39, 0.29) is 0 Å². The van der Waals surface area contributed by atoms with Crippen molar-refractivity contribution >= 4 is 22.6 Å². The molecule has 21 heavy (non-hydrogen) atoms. The van der Waals surface area contributed by atoms with E-state index < -0.39 is 0 Å². The van der Waals surface area contributed by atoms with Crippen molar-refractivity contribution in [3.63, 3.8) is 0 Å². The van der Waals surface area contributed by atoms with Gasteiger partial charge in [-0.1, -0.05) is 36.0 Å². The van der Waals surface area contributed by atoms with Gasteiger partial charge in [-0.15, -0.1) is 0 Å². The molecule has 0 fully saturated rings. The number of aryl methyl sites for hydroxylation is 2. The molecule has 0 atom stereocenters. The van der Waals surface area contributed by atoms with E-state index in [0.29, 0.717) is 5.17 Å². The topological polar surface area (TPSA) is 47.6 Å². The van der Waals surface area contributed by atoms with Gasteiger partial charge >= 0.3 is 0 Å². The molecule has 0 radical (unpaired) electrons. The Kier molecular flexibility index (Phi) is 5.28. The van der Waals surface area contributed by atoms with E-state index >= 15 is 0 Å². The quantitative estimate of drug-likeness (QED) is 0.680. The van der Waals surface area contributed by atoms with Gasteiger partial charge in [0.05, 0.1) is 12.8 Å². The number of nitrogens with two attached hydrogens (primary N) is 1. The summed E-state index contributed by atoms with van der Waals surface area (Å²) in [4.78, 5) is 4.45. The molecule has 0 amide bonds. The van der Waals surface area contributed by atoms with Crippen LogP contribution in [0.25, 0.3) is 0 Å². The van der Waals surface area contributed by atoms with Crippen molar-refractivity contribution in [2.75, 3.05) is 7.11 Å². The minimum atomic E-state index is 0.559. The Balaban J connectivity index is 2.05. The van der Waals surface area contributed by atoms with E-state index in [1.54, 1.807) is 7.11 Å². The van der Waals surface area contributed by atoms with Gasteiger partial charge in [0.25, 0.3) is 0 Å². The molecule has 110 valence electrons. The van der Waals surface area contributed by atoms with Crippen molar-refractivity contribution in [2.24, 2.45) is 10.7 Å². The number of methoxy groups -OCH3 is 1. The Bertz CT molecular complexity index is 653. The van der Waals surface area contributed by atoms with Crippen molar-refractivity contribution in [3.8, 4) is 5.75 Å². The molecule has 0 bridgehead atoms. The molecule has 2 aromatic rings. The number of hydrogen-bond acceptors (Lipinski definition) is 3. The molecule has 0 aromatic heterocycles. The van der Waals surface area contributed by atoms with Crippen LogP contribution in [0.4, 0.5) is 5.69 Å². The SMILES string of the molecule is COc1ccccc1CSC(N)=Nc1ccc(C)c(C)c1. The Morgan fingerprint density at radius 2 is 1.90 bits per heavy atom. The van der Waals surface area contributed by atoms with Gasteiger partial charge in [-0.05, 0) is 43.2 Å². The molecular weight excluding hydrogens is 280 g/mol. The van der Waals surface area contributed by atoms with Crippen molar-refractivity contribution in [2.45, 2.75) is 19.6 Å². The average Bonchev–Trinajstić information content (AvgIpc) is 2.49. The van der Waals surface area contributed by atoms with Gasteiger partial charge in [-0.25, -0.2) is 4.99 Å². The highest BCUT2D eigenvalue weighted by molar-refractivity contribution is 8.13. The first-order chi connectivity index (χ1) is 10.1. The van der Waals surface area contributed by atoms with Gasteiger partial charge in [0, 0.05) is 11.3 Å². The van der Waals surface area contributed by atoms with E-state index in [2.05, 4.69) is 24.9 Å². The van der Waals surface area contributed by atoms with Crippen LogP contribution in [0.3, 0.4) is 0 Å². The second-order valence-corrected chi connectivity index (χ2v) is 5.81. The Morgan fingerprint density at radius 3 is 2.62 bits per heavy atom. The molecular formula is C17H20N2OS. The molecule has 0 unspecified atom stereocenters. The van der Waals surface area contributed by atoms with Gasteiger partial charge in [-0.3, -0.25) is 0 Å². The average molecular weight is 300 g/mol. The largest absolute Gasteiger partial charge is 0.496 e. The predicted molar refractivity (Wildman–Crippen MR) is 91.5 cm³/mol. The first kappa shape index (κ1) is 15.4. The van der Waals surface area contributed by atoms with Gasteiger partial charge < -0.3 is 10.5 Å². The summed E-state index contributed by atoms with van der Waals surface area (Å²) >= 11 is 1.51. The molecule has 2 rings (SSSR count). The van der Waals surface area contributed by atoms with Gasteiger partial charge in [0.1, 0.15) is 5.75 Å². The summed E-state index contributed by atoms with van der Waals surface area (Å²) in [5.41, 5.74) is 10.5. The highest BCUT2D eigenvalue weighted by atomic mass is 32.2. The minimum absolute atomic E-state index is 0.559. The summed E-state index contributed by atoms with van der Waals surface area (Å²) in [5, 5.41) is 0.559. The molecule has 0 heterocycles. The molecule has 4 heteroatoms. The minimum Gasteiger partial charge on any atom is -0.496 e. The fourth-order valence-corrected chi connectivity index (χ4v) is 2.64. The van der Waals surface area contributed by atoms with Crippen LogP contribution < -0.4 is 10.5 Å². The number of nitrogens with zero attached hydrogens (tertiary/aromatic N) is 1. The van der Waals surface area contributed by atoms with Gasteiger partial charge in [-0.2, -0.15) is 0 Å². The summed E-state index contributed by atoms with van der Waals surface area (Å²) in [6, 6.07) is 14.0. The van der Waals surface area contributed by atoms with Crippen LogP contribution in [-0.2, 0) is 5.75 Å². The van der Waals surface area contributed by atoms with Crippen molar-refractivity contribution < 1.29 is 4.74 Å². The zero-order valence-electron chi connectivity index (χ0n) is 12.6. The lowest BCUT2D eigenvalue weighted by atomic mass is 10.1. The number of rotatable bonds is 4. The predicted octanol–water partition coefficient (Wildman–Crippen LogP) is 4.19. The normalized spacial score (nSPS) is 11.5. The maximum atomic E-state index is 6.01. The summed E-state index contributed by atoms with van der Waals surface area (Å²) in [7, 11) is 1.68. The van der Waals surface area contributed by atoms with Gasteiger partial charge in [0.15, 0.2) is 5.17 Å². The molecule has 0 aliphatic rings. The van der Waals surface area contributed by atoms with Crippen LogP contribution in [0.1, 0.15) is 16.7 Å². The monoisotopic (exact) mass is 300 g/mol. The summed E-state index contributed by atoms with van der Waals surface area (Å²) in [6.45, 7) is 4.16. The van der Waals surface area contributed by atoms with Gasteiger partial charge in [0.2, 0.25) is 0 Å². The lowest BCUT2D eigenvalue weighted by Gasteiger charge is -2.07. The maximum absolute atomic E-state index is 6.01. The van der Waals surface area contributed by atoms with Crippen LogP contribution in [0, 0.1) is 13.8 Å². The molecule has 0 saturated heterocycles. The standard InChI is InChI=1S/C17H20N2OS/c1-12-8-9-15(10-13(12)2)19-17(18)21-11-14-6-4-5-7-16(14)20-3/h4-10H,11H2,1-3H3,(H2,18,19). The number of aliphatic imine (C=N–C) groups is 1. The second-order valence-electron chi connectivity index (χ2n) is 4.82. The van der Waals surface area contributed by atoms with Crippen LogP contribution in [0.5, 0.6) is 5.75 Å². The fourth-order valence-electron chi connectivity index (χ4n) is 1.93. The highest BCUT2D eigenvalue weighted by Crippen LogP contribution is 2.24. The Labute approximate surface area is 130 Å². The molecule has 0 saturated carbocycles. The lowest BCUT2D eigenvalue weighted by molar-refractivity contribution is 0.411. The van der Waals surface area contributed by atoms with Crippen molar-refractivity contribution in [1.29, 1.82) is 0 Å². The second kappa shape index (κ2) is 7.18. The van der Waals surface area contributed by atoms with Crippen LogP contribution in [0.2, 0.25) is 0 Å². The van der Waals surface area contributed by atoms with E-state index in [1.807, 2.05) is 36.4 Å². The number of benzene rings is 2. The Morgan fingerprint density at radius 1 is 1.14 bits per heavy atom. The zero-order valence-corrected chi connectivity index (χ0v) is 13.4. The molecule has 0 aliphatic heterocycles. The zero-order chi connectivity index (χ0) is 15.2. The molecule has 3 nitrogen and oxygen atoms in total. The van der Waals surface area contributed by atoms with Crippen LogP contribution in [-0.4, -0.2) is 12.3 Å². The van der Waals surface area contributed by atoms with E-state index in [9.17, 15) is 0 Å². The van der Waals surface area contributed by atoms with E-state index in [0.717, 1.165) is 22.8 Å².